The molecular weight excluding hydrogens is 249 g/mol. The third-order valence-corrected chi connectivity index (χ3v) is 4.20. The molecule has 2 aromatic heterocycles. The minimum absolute atomic E-state index is 0.239. The molecule has 1 unspecified atom stereocenters. The monoisotopic (exact) mass is 263 g/mol. The standard InChI is InChI=1S/C13H14FN3S/c14-11-4-1-5-15-12(11)17-7-2-3-10(9-17)13-16-6-8-18-13/h1,4-6,8,10H,2-3,7,9H2. The Morgan fingerprint density at radius 3 is 3.06 bits per heavy atom. The summed E-state index contributed by atoms with van der Waals surface area (Å²) in [4.78, 5) is 10.6. The fourth-order valence-electron chi connectivity index (χ4n) is 2.42. The molecule has 3 heterocycles. The number of nitrogens with zero attached hydrogens (tertiary/aromatic N) is 3. The lowest BCUT2D eigenvalue weighted by molar-refractivity contribution is 0.495. The molecule has 0 radical (unpaired) electrons. The second-order valence-corrected chi connectivity index (χ2v) is 5.39. The quantitative estimate of drug-likeness (QED) is 0.834. The third-order valence-electron chi connectivity index (χ3n) is 3.26. The fraction of sp³-hybridized carbons (Fsp3) is 0.385. The van der Waals surface area contributed by atoms with Gasteiger partial charge in [0.1, 0.15) is 0 Å². The van der Waals surface area contributed by atoms with Gasteiger partial charge in [-0.25, -0.2) is 14.4 Å². The van der Waals surface area contributed by atoms with Crippen molar-refractivity contribution in [1.82, 2.24) is 9.97 Å². The van der Waals surface area contributed by atoms with E-state index >= 15 is 0 Å². The highest BCUT2D eigenvalue weighted by Gasteiger charge is 2.25. The van der Waals surface area contributed by atoms with Gasteiger partial charge in [-0.2, -0.15) is 0 Å². The van der Waals surface area contributed by atoms with Gasteiger partial charge in [-0.15, -0.1) is 11.3 Å². The van der Waals surface area contributed by atoms with Crippen LogP contribution in [0.25, 0.3) is 0 Å². The van der Waals surface area contributed by atoms with E-state index in [-0.39, 0.29) is 5.82 Å². The molecule has 0 amide bonds. The van der Waals surface area contributed by atoms with Crippen molar-refractivity contribution in [3.8, 4) is 0 Å². The molecule has 1 fully saturated rings. The van der Waals surface area contributed by atoms with Crippen molar-refractivity contribution in [3.05, 3.63) is 40.7 Å². The molecule has 0 aliphatic carbocycles. The van der Waals surface area contributed by atoms with Gasteiger partial charge in [0.15, 0.2) is 11.6 Å². The topological polar surface area (TPSA) is 29.0 Å². The average Bonchev–Trinajstić information content (AvgIpc) is 2.93. The normalized spacial score (nSPS) is 20.1. The second-order valence-electron chi connectivity index (χ2n) is 4.46. The summed E-state index contributed by atoms with van der Waals surface area (Å²) in [7, 11) is 0. The van der Waals surface area contributed by atoms with Crippen molar-refractivity contribution in [2.45, 2.75) is 18.8 Å². The van der Waals surface area contributed by atoms with Crippen molar-refractivity contribution in [1.29, 1.82) is 0 Å². The van der Waals surface area contributed by atoms with E-state index in [1.807, 2.05) is 16.5 Å². The smallest absolute Gasteiger partial charge is 0.165 e. The molecule has 1 saturated heterocycles. The molecule has 0 bridgehead atoms. The van der Waals surface area contributed by atoms with Crippen LogP contribution < -0.4 is 4.90 Å². The van der Waals surface area contributed by atoms with Crippen LogP contribution in [0.2, 0.25) is 0 Å². The second kappa shape index (κ2) is 5.02. The van der Waals surface area contributed by atoms with Gasteiger partial charge in [0, 0.05) is 36.8 Å². The molecule has 2 aromatic rings. The van der Waals surface area contributed by atoms with Crippen LogP contribution in [0, 0.1) is 5.82 Å². The number of piperidine rings is 1. The Labute approximate surface area is 109 Å². The van der Waals surface area contributed by atoms with Gasteiger partial charge in [-0.1, -0.05) is 0 Å². The molecule has 3 nitrogen and oxygen atoms in total. The maximum Gasteiger partial charge on any atom is 0.165 e. The molecule has 1 aliphatic heterocycles. The Hall–Kier alpha value is -1.49. The molecule has 18 heavy (non-hydrogen) atoms. The molecular formula is C13H14FN3S. The van der Waals surface area contributed by atoms with Gasteiger partial charge in [-0.3, -0.25) is 0 Å². The number of aromatic nitrogens is 2. The average molecular weight is 263 g/mol. The SMILES string of the molecule is Fc1cccnc1N1CCCC(c2nccs2)C1. The van der Waals surface area contributed by atoms with Crippen LogP contribution >= 0.6 is 11.3 Å². The van der Waals surface area contributed by atoms with Gasteiger partial charge in [0.2, 0.25) is 0 Å². The van der Waals surface area contributed by atoms with Crippen molar-refractivity contribution >= 4 is 17.2 Å². The first-order valence-corrected chi connectivity index (χ1v) is 6.97. The summed E-state index contributed by atoms with van der Waals surface area (Å²) in [6.45, 7) is 1.68. The van der Waals surface area contributed by atoms with Crippen molar-refractivity contribution in [2.24, 2.45) is 0 Å². The summed E-state index contributed by atoms with van der Waals surface area (Å²) in [5, 5.41) is 3.14. The van der Waals surface area contributed by atoms with Crippen LogP contribution in [0.1, 0.15) is 23.8 Å². The first kappa shape index (κ1) is 11.6. The van der Waals surface area contributed by atoms with E-state index < -0.39 is 0 Å². The molecule has 1 atom stereocenters. The zero-order valence-corrected chi connectivity index (χ0v) is 10.7. The number of hydrogen-bond donors (Lipinski definition) is 0. The van der Waals surface area contributed by atoms with E-state index in [0.717, 1.165) is 30.9 Å². The predicted molar refractivity (Wildman–Crippen MR) is 70.5 cm³/mol. The first-order valence-electron chi connectivity index (χ1n) is 6.09. The van der Waals surface area contributed by atoms with E-state index in [1.54, 1.807) is 23.6 Å². The summed E-state index contributed by atoms with van der Waals surface area (Å²) < 4.78 is 13.7. The molecule has 1 aliphatic rings. The summed E-state index contributed by atoms with van der Waals surface area (Å²) in [5.74, 6) is 0.635. The van der Waals surface area contributed by atoms with Gasteiger partial charge in [0.25, 0.3) is 0 Å². The number of rotatable bonds is 2. The summed E-state index contributed by atoms with van der Waals surface area (Å²) in [6.07, 6.45) is 5.66. The predicted octanol–water partition coefficient (Wildman–Crippen LogP) is 3.06. The van der Waals surface area contributed by atoms with Gasteiger partial charge in [0.05, 0.1) is 5.01 Å². The van der Waals surface area contributed by atoms with Crippen LogP contribution in [-0.2, 0) is 0 Å². The van der Waals surface area contributed by atoms with Crippen molar-refractivity contribution < 1.29 is 4.39 Å². The van der Waals surface area contributed by atoms with E-state index in [0.29, 0.717) is 11.7 Å². The molecule has 0 spiro atoms. The maximum atomic E-state index is 13.7. The Morgan fingerprint density at radius 1 is 1.33 bits per heavy atom. The molecule has 3 rings (SSSR count). The lowest BCUT2D eigenvalue weighted by Gasteiger charge is -2.32. The van der Waals surface area contributed by atoms with Crippen LogP contribution in [-0.4, -0.2) is 23.1 Å². The van der Waals surface area contributed by atoms with E-state index in [9.17, 15) is 4.39 Å². The molecule has 0 N–H and O–H groups in total. The van der Waals surface area contributed by atoms with E-state index in [4.69, 9.17) is 0 Å². The van der Waals surface area contributed by atoms with E-state index in [2.05, 4.69) is 9.97 Å². The Kier molecular flexibility index (Phi) is 3.23. The Morgan fingerprint density at radius 2 is 2.28 bits per heavy atom. The maximum absolute atomic E-state index is 13.7. The minimum Gasteiger partial charge on any atom is -0.353 e. The van der Waals surface area contributed by atoms with Gasteiger partial charge >= 0.3 is 0 Å². The number of anilines is 1. The minimum atomic E-state index is -0.239. The zero-order chi connectivity index (χ0) is 12.4. The molecule has 5 heteroatoms. The van der Waals surface area contributed by atoms with Crippen LogP contribution in [0.4, 0.5) is 10.2 Å². The number of thiazole rings is 1. The Balaban J connectivity index is 1.81. The molecule has 0 aromatic carbocycles. The molecule has 94 valence electrons. The fourth-order valence-corrected chi connectivity index (χ4v) is 3.18. The van der Waals surface area contributed by atoms with E-state index in [1.165, 1.54) is 6.07 Å². The van der Waals surface area contributed by atoms with Crippen molar-refractivity contribution in [2.75, 3.05) is 18.0 Å². The molecule has 0 saturated carbocycles. The van der Waals surface area contributed by atoms with Gasteiger partial charge < -0.3 is 4.90 Å². The summed E-state index contributed by atoms with van der Waals surface area (Å²) >= 11 is 1.68. The van der Waals surface area contributed by atoms with Crippen molar-refractivity contribution in [3.63, 3.8) is 0 Å². The highest BCUT2D eigenvalue weighted by molar-refractivity contribution is 7.09. The lowest BCUT2D eigenvalue weighted by Crippen LogP contribution is -2.35. The Bertz CT molecular complexity index is 515. The van der Waals surface area contributed by atoms with Crippen LogP contribution in [0.3, 0.4) is 0 Å². The zero-order valence-electron chi connectivity index (χ0n) is 9.92. The van der Waals surface area contributed by atoms with Gasteiger partial charge in [-0.05, 0) is 25.0 Å². The number of pyridine rings is 1. The highest BCUT2D eigenvalue weighted by atomic mass is 32.1. The van der Waals surface area contributed by atoms with Crippen LogP contribution in [0.5, 0.6) is 0 Å². The third kappa shape index (κ3) is 2.22. The number of halogens is 1. The summed E-state index contributed by atoms with van der Waals surface area (Å²) in [5.41, 5.74) is 0. The first-order chi connectivity index (χ1) is 8.84. The summed E-state index contributed by atoms with van der Waals surface area (Å²) in [6, 6.07) is 3.09. The van der Waals surface area contributed by atoms with Crippen LogP contribution in [0.15, 0.2) is 29.9 Å². The lowest BCUT2D eigenvalue weighted by atomic mass is 9.99. The number of hydrogen-bond acceptors (Lipinski definition) is 4. The highest BCUT2D eigenvalue weighted by Crippen LogP contribution is 2.30. The largest absolute Gasteiger partial charge is 0.353 e.